The van der Waals surface area contributed by atoms with Gasteiger partial charge >= 0.3 is 0 Å². The van der Waals surface area contributed by atoms with Gasteiger partial charge in [-0.3, -0.25) is 0 Å². The van der Waals surface area contributed by atoms with Gasteiger partial charge in [-0.15, -0.1) is 11.6 Å². The maximum atomic E-state index is 6.24. The summed E-state index contributed by atoms with van der Waals surface area (Å²) in [7, 11) is -1.28. The van der Waals surface area contributed by atoms with Gasteiger partial charge in [0.15, 0.2) is 0 Å². The van der Waals surface area contributed by atoms with E-state index >= 15 is 0 Å². The van der Waals surface area contributed by atoms with Crippen molar-refractivity contribution in [1.82, 2.24) is 0 Å². The van der Waals surface area contributed by atoms with Crippen molar-refractivity contribution in [2.24, 2.45) is 0 Å². The lowest BCUT2D eigenvalue weighted by atomic mass is 10.1. The van der Waals surface area contributed by atoms with Gasteiger partial charge in [0.25, 0.3) is 0 Å². The van der Waals surface area contributed by atoms with Crippen molar-refractivity contribution >= 4 is 30.1 Å². The molecule has 0 radical (unpaired) electrons. The van der Waals surface area contributed by atoms with Crippen LogP contribution in [0, 0.1) is 0 Å². The molecule has 14 heavy (non-hydrogen) atoms. The van der Waals surface area contributed by atoms with Crippen LogP contribution in [0.1, 0.15) is 44.9 Å². The Labute approximate surface area is 100 Å². The van der Waals surface area contributed by atoms with Gasteiger partial charge in [0.2, 0.25) is 0 Å². The minimum atomic E-state index is -1.28. The van der Waals surface area contributed by atoms with E-state index in [9.17, 15) is 0 Å². The lowest BCUT2D eigenvalue weighted by molar-refractivity contribution is 0.602. The van der Waals surface area contributed by atoms with E-state index in [-0.39, 0.29) is 0 Å². The molecule has 0 rings (SSSR count). The third-order valence-electron chi connectivity index (χ3n) is 2.40. The fourth-order valence-corrected chi connectivity index (χ4v) is 3.20. The summed E-state index contributed by atoms with van der Waals surface area (Å²) in [5, 5.41) is 0. The molecule has 0 unspecified atom stereocenters. The van der Waals surface area contributed by atoms with E-state index in [1.54, 1.807) is 0 Å². The van der Waals surface area contributed by atoms with Crippen LogP contribution in [0.3, 0.4) is 0 Å². The minimum Gasteiger partial charge on any atom is -0.168 e. The van der Waals surface area contributed by atoms with Gasteiger partial charge in [0, 0.05) is 5.88 Å². The predicted octanol–water partition coefficient (Wildman–Crippen LogP) is 5.40. The fraction of sp³-hybridized carbons (Fsp3) is 1.00. The summed E-state index contributed by atoms with van der Waals surface area (Å²) in [4.78, 5) is 0. The molecule has 0 saturated heterocycles. The Kier molecular flexibility index (Phi) is 9.57. The highest BCUT2D eigenvalue weighted by atomic mass is 35.6. The Morgan fingerprint density at radius 3 is 1.64 bits per heavy atom. The van der Waals surface area contributed by atoms with Crippen molar-refractivity contribution in [2.75, 3.05) is 5.88 Å². The van der Waals surface area contributed by atoms with Gasteiger partial charge < -0.3 is 0 Å². The summed E-state index contributed by atoms with van der Waals surface area (Å²) in [6.45, 7) is 4.46. The topological polar surface area (TPSA) is 0 Å². The molecule has 0 bridgehead atoms. The maximum Gasteiger partial charge on any atom is 0.150 e. The van der Waals surface area contributed by atoms with E-state index in [0.717, 1.165) is 5.88 Å². The molecule has 0 saturated carbocycles. The number of halogens is 2. The van der Waals surface area contributed by atoms with Gasteiger partial charge in [-0.2, -0.15) is 11.1 Å². The van der Waals surface area contributed by atoms with Crippen molar-refractivity contribution in [1.29, 1.82) is 0 Å². The first-order chi connectivity index (χ1) is 6.56. The Hall–Kier alpha value is 0.797. The Morgan fingerprint density at radius 2 is 1.21 bits per heavy atom. The van der Waals surface area contributed by atoms with E-state index in [1.165, 1.54) is 51.0 Å². The maximum absolute atomic E-state index is 6.24. The van der Waals surface area contributed by atoms with Crippen LogP contribution in [-0.2, 0) is 0 Å². The first kappa shape index (κ1) is 14.8. The van der Waals surface area contributed by atoms with Gasteiger partial charge in [0.05, 0.1) is 0 Å². The molecule has 86 valence electrons. The third kappa shape index (κ3) is 12.8. The van der Waals surface area contributed by atoms with Crippen molar-refractivity contribution in [3.05, 3.63) is 0 Å². The average molecular weight is 255 g/mol. The molecule has 0 aliphatic heterocycles. The van der Waals surface area contributed by atoms with Crippen LogP contribution in [0.15, 0.2) is 0 Å². The predicted molar refractivity (Wildman–Crippen MR) is 71.2 cm³/mol. The first-order valence-electron chi connectivity index (χ1n) is 5.81. The lowest BCUT2D eigenvalue weighted by Gasteiger charge is -2.11. The molecule has 0 heterocycles. The zero-order chi connectivity index (χ0) is 10.9. The standard InChI is InChI=1S/C11H24Cl2Si/c1-14(2,13)11-9-7-5-3-4-6-8-10-12/h3-11H2,1-2H3. The molecule has 0 spiro atoms. The summed E-state index contributed by atoms with van der Waals surface area (Å²) in [5.41, 5.74) is 0. The second-order valence-electron chi connectivity index (χ2n) is 4.63. The highest BCUT2D eigenvalue weighted by Crippen LogP contribution is 2.19. The smallest absolute Gasteiger partial charge is 0.150 e. The first-order valence-corrected chi connectivity index (χ1v) is 10.6. The molecule has 0 aliphatic carbocycles. The quantitative estimate of drug-likeness (QED) is 0.224. The Bertz CT molecular complexity index is 121. The highest BCUT2D eigenvalue weighted by Gasteiger charge is 2.15. The third-order valence-corrected chi connectivity index (χ3v) is 4.78. The SMILES string of the molecule is C[Si](C)(Cl)CCCCCCCCCCl. The fourth-order valence-electron chi connectivity index (χ4n) is 1.52. The molecular weight excluding hydrogens is 231 g/mol. The molecular formula is C11H24Cl2Si. The lowest BCUT2D eigenvalue weighted by Crippen LogP contribution is -2.14. The van der Waals surface area contributed by atoms with E-state index in [1.807, 2.05) is 0 Å². The van der Waals surface area contributed by atoms with Crippen molar-refractivity contribution in [2.45, 2.75) is 64.1 Å². The Morgan fingerprint density at radius 1 is 0.786 bits per heavy atom. The van der Waals surface area contributed by atoms with Crippen LogP contribution in [-0.4, -0.2) is 13.3 Å². The molecule has 0 fully saturated rings. The van der Waals surface area contributed by atoms with Gasteiger partial charge in [-0.1, -0.05) is 51.6 Å². The number of alkyl halides is 1. The van der Waals surface area contributed by atoms with Gasteiger partial charge in [0.1, 0.15) is 7.38 Å². The molecule has 0 aromatic carbocycles. The zero-order valence-electron chi connectivity index (χ0n) is 9.62. The Balaban J connectivity index is 2.99. The molecule has 0 aromatic rings. The summed E-state index contributed by atoms with van der Waals surface area (Å²) in [6, 6.07) is 1.27. The van der Waals surface area contributed by atoms with Crippen LogP contribution < -0.4 is 0 Å². The summed E-state index contributed by atoms with van der Waals surface area (Å²) >= 11 is 11.8. The highest BCUT2D eigenvalue weighted by molar-refractivity contribution is 7.19. The normalized spacial score (nSPS) is 12.0. The van der Waals surface area contributed by atoms with E-state index in [4.69, 9.17) is 22.7 Å². The van der Waals surface area contributed by atoms with Crippen molar-refractivity contribution < 1.29 is 0 Å². The number of hydrogen-bond donors (Lipinski definition) is 0. The summed E-state index contributed by atoms with van der Waals surface area (Å²) in [5.74, 6) is 0.825. The molecule has 3 heteroatoms. The van der Waals surface area contributed by atoms with Crippen LogP contribution in [0.25, 0.3) is 0 Å². The number of hydrogen-bond acceptors (Lipinski definition) is 0. The van der Waals surface area contributed by atoms with E-state index < -0.39 is 7.38 Å². The summed E-state index contributed by atoms with van der Waals surface area (Å²) in [6.07, 6.45) is 9.30. The number of unbranched alkanes of at least 4 members (excludes halogenated alkanes) is 6. The van der Waals surface area contributed by atoms with Gasteiger partial charge in [-0.05, 0) is 12.5 Å². The van der Waals surface area contributed by atoms with Gasteiger partial charge in [-0.25, -0.2) is 0 Å². The molecule has 0 aliphatic rings. The second kappa shape index (κ2) is 9.05. The van der Waals surface area contributed by atoms with Crippen LogP contribution in [0.2, 0.25) is 19.1 Å². The molecule has 0 nitrogen and oxygen atoms in total. The average Bonchev–Trinajstić information content (AvgIpc) is 2.08. The molecule has 0 N–H and O–H groups in total. The van der Waals surface area contributed by atoms with Crippen LogP contribution in [0.5, 0.6) is 0 Å². The van der Waals surface area contributed by atoms with Crippen molar-refractivity contribution in [3.63, 3.8) is 0 Å². The largest absolute Gasteiger partial charge is 0.168 e. The molecule has 0 atom stereocenters. The minimum absolute atomic E-state index is 0.825. The van der Waals surface area contributed by atoms with E-state index in [0.29, 0.717) is 0 Å². The molecule has 0 aromatic heterocycles. The zero-order valence-corrected chi connectivity index (χ0v) is 12.1. The van der Waals surface area contributed by atoms with E-state index in [2.05, 4.69) is 13.1 Å². The molecule has 0 amide bonds. The summed E-state index contributed by atoms with van der Waals surface area (Å²) < 4.78 is 0. The van der Waals surface area contributed by atoms with Crippen molar-refractivity contribution in [3.8, 4) is 0 Å². The number of rotatable bonds is 9. The van der Waals surface area contributed by atoms with Crippen LogP contribution >= 0.6 is 22.7 Å². The second-order valence-corrected chi connectivity index (χ2v) is 12.0. The van der Waals surface area contributed by atoms with Crippen LogP contribution in [0.4, 0.5) is 0 Å². The monoisotopic (exact) mass is 254 g/mol.